The molecular weight excluding hydrogens is 1750 g/mol. The normalized spacial score (nSPS) is 12.4. The number of para-hydroxylation sites is 10. The molecule has 24 aromatic carbocycles. The van der Waals surface area contributed by atoms with E-state index in [1.54, 1.807) is 0 Å². The number of hydrogen-bond donors (Lipinski definition) is 0. The van der Waals surface area contributed by atoms with E-state index >= 15 is 0 Å². The minimum Gasteiger partial charge on any atom is -0.456 e. The maximum absolute atomic E-state index is 6.32. The molecule has 664 valence electrons. The summed E-state index contributed by atoms with van der Waals surface area (Å²) >= 11 is 0. The smallest absolute Gasteiger partial charge is 0.135 e. The van der Waals surface area contributed by atoms with Crippen LogP contribution in [0.2, 0.25) is 0 Å². The highest BCUT2D eigenvalue weighted by Crippen LogP contribution is 2.51. The number of hydrogen-bond acceptors (Lipinski definition) is 2. The molecule has 0 N–H and O–H groups in total. The van der Waals surface area contributed by atoms with Crippen LogP contribution in [-0.4, -0.2) is 27.1 Å². The fourth-order valence-electron chi connectivity index (χ4n) is 25.2. The van der Waals surface area contributed by atoms with Gasteiger partial charge in [0.15, 0.2) is 0 Å². The Morgan fingerprint density at radius 1 is 0.118 bits per heavy atom. The first-order valence-corrected chi connectivity index (χ1v) is 49.6. The molecule has 10 heterocycles. The van der Waals surface area contributed by atoms with E-state index < -0.39 is 0 Å². The molecule has 0 amide bonds. The third-order valence-electron chi connectivity index (χ3n) is 31.7. The summed E-state index contributed by atoms with van der Waals surface area (Å²) < 4.78 is 27.3. The highest BCUT2D eigenvalue weighted by Gasteiger charge is 2.28. The number of furan rings is 2. The zero-order valence-electron chi connectivity index (χ0n) is 77.5. The van der Waals surface area contributed by atoms with Crippen LogP contribution < -0.4 is 0 Å². The molecule has 0 saturated carbocycles. The maximum atomic E-state index is 6.32. The largest absolute Gasteiger partial charge is 0.456 e. The SMILES string of the molecule is c1ccc(-n2c3ccccc3c3cc(-c4ccc5cc6c7cc(-c8ccc9oc%10ccccc%10c9c8)cc8c9cc%10ccc(-c%11ccc%12c(c%11)c%11ccccc%11n%12-c%11ccccc%11)cc%10cc9n(c6cc5c4)c78)ccc32)cc1.c1ccc2c(c1)oc1ccc(-c3cc4c5cc6ccc(-n7c8ccccc8c8ccccc87)cc6cc5n5c6cc7cc(-n8c9ccccc9c9ccccc98)ccc7cc6c(c3)c45)cc12. The minimum atomic E-state index is 0.905. The van der Waals surface area contributed by atoms with Crippen LogP contribution in [0.15, 0.2) is 482 Å². The molecule has 34 rings (SSSR count). The van der Waals surface area contributed by atoms with Gasteiger partial charge in [-0.2, -0.15) is 0 Å². The van der Waals surface area contributed by atoms with Gasteiger partial charge in [-0.3, -0.25) is 0 Å². The Hall–Kier alpha value is -19.3. The standard InChI is InChI=1S/C74H43N3O.C62H35N3O/c1-3-13-54(14-4-1)75-66-20-10-7-17-56(66)59-35-46(27-30-68(59)75)44-23-25-48-37-61-64-40-53(50-29-32-73-63(39-50)58-19-9-12-22-72(58)78-73)41-65-62-38-49-26-24-45(34-52(49)43-71(62)77(74(64)65)70(61)42-51(48)33-44)47-28-31-69-60(36-47)57-18-8-11-21-67(57)76(69)55-15-5-2-6-16-55;1-6-16-54-44(11-1)45-12-2-7-17-55(45)63(54)42-24-21-36-29-49-52-32-41(38-23-26-61-51(31-38)48-15-5-10-20-60(48)66-61)33-53-50-30-37-22-25-43(64-56-18-8-3-13-46(56)47-14-4-9-19-57(47)64)28-40(37)35-59(50)65(62(52)53)58(49)34-39(36)27-42/h1-43H;1-35H. The molecule has 8 nitrogen and oxygen atoms in total. The average Bonchev–Trinajstić information content (AvgIpc) is 1.53. The van der Waals surface area contributed by atoms with Gasteiger partial charge in [-0.1, -0.05) is 243 Å². The molecule has 0 radical (unpaired) electrons. The lowest BCUT2D eigenvalue weighted by atomic mass is 9.95. The van der Waals surface area contributed by atoms with Crippen molar-refractivity contribution in [3.8, 4) is 67.3 Å². The van der Waals surface area contributed by atoms with E-state index in [0.717, 1.165) is 55.3 Å². The molecule has 0 unspecified atom stereocenters. The molecule has 0 aliphatic heterocycles. The van der Waals surface area contributed by atoms with E-state index in [-0.39, 0.29) is 0 Å². The fourth-order valence-corrected chi connectivity index (χ4v) is 25.2. The Labute approximate surface area is 820 Å². The van der Waals surface area contributed by atoms with E-state index in [1.165, 1.54) is 262 Å². The van der Waals surface area contributed by atoms with Gasteiger partial charge < -0.3 is 35.9 Å². The summed E-state index contributed by atoms with van der Waals surface area (Å²) in [6.45, 7) is 0. The van der Waals surface area contributed by atoms with Crippen LogP contribution in [0.3, 0.4) is 0 Å². The summed E-state index contributed by atoms with van der Waals surface area (Å²) in [5.41, 5.74) is 34.9. The lowest BCUT2D eigenvalue weighted by Gasteiger charge is -2.11. The Balaban J connectivity index is 0.000000128. The van der Waals surface area contributed by atoms with Gasteiger partial charge in [0.1, 0.15) is 22.3 Å². The van der Waals surface area contributed by atoms with E-state index in [4.69, 9.17) is 8.83 Å². The van der Waals surface area contributed by atoms with Crippen molar-refractivity contribution in [1.29, 1.82) is 0 Å². The molecule has 0 bridgehead atoms. The average molecular weight is 1830 g/mol. The van der Waals surface area contributed by atoms with Crippen LogP contribution in [-0.2, 0) is 0 Å². The monoisotopic (exact) mass is 1830 g/mol. The van der Waals surface area contributed by atoms with Crippen molar-refractivity contribution in [2.75, 3.05) is 0 Å². The summed E-state index contributed by atoms with van der Waals surface area (Å²) in [7, 11) is 0. The Bertz CT molecular complexity index is 11000. The van der Waals surface area contributed by atoms with Crippen LogP contribution in [0.4, 0.5) is 0 Å². The quantitative estimate of drug-likeness (QED) is 0.152. The predicted molar refractivity (Wildman–Crippen MR) is 606 cm³/mol. The van der Waals surface area contributed by atoms with Crippen LogP contribution in [0.5, 0.6) is 0 Å². The van der Waals surface area contributed by atoms with Crippen molar-refractivity contribution in [2.24, 2.45) is 0 Å². The van der Waals surface area contributed by atoms with Crippen molar-refractivity contribution < 1.29 is 8.83 Å². The third-order valence-corrected chi connectivity index (χ3v) is 31.7. The van der Waals surface area contributed by atoms with Gasteiger partial charge in [-0.25, -0.2) is 0 Å². The lowest BCUT2D eigenvalue weighted by Crippen LogP contribution is -1.94. The van der Waals surface area contributed by atoms with Crippen molar-refractivity contribution >= 4 is 250 Å². The van der Waals surface area contributed by atoms with E-state index in [2.05, 4.69) is 488 Å². The van der Waals surface area contributed by atoms with Crippen molar-refractivity contribution in [3.63, 3.8) is 0 Å². The first-order chi connectivity index (χ1) is 71.3. The van der Waals surface area contributed by atoms with Crippen LogP contribution in [0, 0.1) is 0 Å². The highest BCUT2D eigenvalue weighted by atomic mass is 16.3. The molecule has 8 heteroatoms. The molecule has 0 spiro atoms. The minimum absolute atomic E-state index is 0.905. The van der Waals surface area contributed by atoms with Crippen LogP contribution >= 0.6 is 0 Å². The van der Waals surface area contributed by atoms with E-state index in [1.807, 2.05) is 12.1 Å². The van der Waals surface area contributed by atoms with Crippen LogP contribution in [0.25, 0.3) is 318 Å². The van der Waals surface area contributed by atoms with Gasteiger partial charge in [0.05, 0.1) is 77.2 Å². The summed E-state index contributed by atoms with van der Waals surface area (Å²) in [5.74, 6) is 0. The molecule has 0 saturated heterocycles. The van der Waals surface area contributed by atoms with Gasteiger partial charge in [0.2, 0.25) is 0 Å². The van der Waals surface area contributed by atoms with Crippen molar-refractivity contribution in [2.45, 2.75) is 0 Å². The topological polar surface area (TPSA) is 54.8 Å². The lowest BCUT2D eigenvalue weighted by molar-refractivity contribution is 0.668. The molecule has 0 atom stereocenters. The zero-order chi connectivity index (χ0) is 93.5. The molecule has 34 aromatic rings. The second-order valence-corrected chi connectivity index (χ2v) is 39.4. The molecule has 0 fully saturated rings. The maximum Gasteiger partial charge on any atom is 0.135 e. The third kappa shape index (κ3) is 11.1. The van der Waals surface area contributed by atoms with E-state index in [0.29, 0.717) is 0 Å². The predicted octanol–water partition coefficient (Wildman–Crippen LogP) is 37.1. The Kier molecular flexibility index (Phi) is 15.7. The van der Waals surface area contributed by atoms with Gasteiger partial charge in [-0.15, -0.1) is 0 Å². The second-order valence-electron chi connectivity index (χ2n) is 39.4. The molecule has 0 aliphatic carbocycles. The van der Waals surface area contributed by atoms with Gasteiger partial charge in [-0.05, 0) is 318 Å². The molecular formula is C136H78N6O2. The van der Waals surface area contributed by atoms with Gasteiger partial charge in [0.25, 0.3) is 0 Å². The van der Waals surface area contributed by atoms with Crippen molar-refractivity contribution in [1.82, 2.24) is 27.1 Å². The van der Waals surface area contributed by atoms with Crippen molar-refractivity contribution in [3.05, 3.63) is 473 Å². The summed E-state index contributed by atoms with van der Waals surface area (Å²) in [6.07, 6.45) is 0. The molecule has 144 heavy (non-hydrogen) atoms. The first-order valence-electron chi connectivity index (χ1n) is 49.6. The number of fused-ring (bicyclic) bond motifs is 34. The van der Waals surface area contributed by atoms with Gasteiger partial charge >= 0.3 is 0 Å². The van der Waals surface area contributed by atoms with Crippen LogP contribution in [0.1, 0.15) is 0 Å². The summed E-state index contributed by atoms with van der Waals surface area (Å²) in [6, 6.07) is 175. The fraction of sp³-hybridized carbons (Fsp3) is 0. The summed E-state index contributed by atoms with van der Waals surface area (Å²) in [4.78, 5) is 0. The Morgan fingerprint density at radius 3 is 0.708 bits per heavy atom. The molecule has 10 aromatic heterocycles. The number of benzene rings is 24. The summed E-state index contributed by atoms with van der Waals surface area (Å²) in [5, 5.41) is 34.4. The first kappa shape index (κ1) is 77.7. The number of nitrogens with zero attached hydrogens (tertiary/aromatic N) is 6. The number of aromatic nitrogens is 6. The highest BCUT2D eigenvalue weighted by molar-refractivity contribution is 6.30. The molecule has 0 aliphatic rings. The zero-order valence-corrected chi connectivity index (χ0v) is 77.5. The van der Waals surface area contributed by atoms with E-state index in [9.17, 15) is 0 Å². The second kappa shape index (κ2) is 29.2. The van der Waals surface area contributed by atoms with Gasteiger partial charge in [0, 0.05) is 130 Å². The number of rotatable bonds is 8. The Morgan fingerprint density at radius 2 is 0.354 bits per heavy atom.